The number of benzene rings is 1. The van der Waals surface area contributed by atoms with E-state index in [0.29, 0.717) is 36.4 Å². The third-order valence-corrected chi connectivity index (χ3v) is 5.22. The van der Waals surface area contributed by atoms with Crippen LogP contribution in [0.5, 0.6) is 0 Å². The van der Waals surface area contributed by atoms with Gasteiger partial charge in [-0.15, -0.1) is 0 Å². The van der Waals surface area contributed by atoms with Gasteiger partial charge in [-0.2, -0.15) is 23.3 Å². The molecule has 4 nitrogen and oxygen atoms in total. The van der Waals surface area contributed by atoms with Crippen LogP contribution in [0.25, 0.3) is 0 Å². The van der Waals surface area contributed by atoms with Crippen LogP contribution in [0.2, 0.25) is 0 Å². The Morgan fingerprint density at radius 1 is 1.23 bits per heavy atom. The summed E-state index contributed by atoms with van der Waals surface area (Å²) in [4.78, 5) is 12.5. The molecule has 1 fully saturated rings. The van der Waals surface area contributed by atoms with Gasteiger partial charge in [-0.3, -0.25) is 4.79 Å². The molecule has 1 amide bonds. The largest absolute Gasteiger partial charge is 0.439 e. The zero-order valence-corrected chi connectivity index (χ0v) is 14.5. The topological polar surface area (TPSA) is 52.9 Å². The highest BCUT2D eigenvalue weighted by molar-refractivity contribution is 5.93. The third kappa shape index (κ3) is 3.49. The summed E-state index contributed by atoms with van der Waals surface area (Å²) in [6, 6.07) is 9.44. The van der Waals surface area contributed by atoms with Gasteiger partial charge in [-0.1, -0.05) is 43.2 Å². The van der Waals surface area contributed by atoms with Crippen LogP contribution < -0.4 is 0 Å². The van der Waals surface area contributed by atoms with Gasteiger partial charge in [0.25, 0.3) is 5.72 Å². The highest BCUT2D eigenvalue weighted by atomic mass is 19.4. The summed E-state index contributed by atoms with van der Waals surface area (Å²) < 4.78 is 41.2. The molecule has 0 bridgehead atoms. The fourth-order valence-corrected chi connectivity index (χ4v) is 3.84. The molecule has 2 atom stereocenters. The number of nitrogens with zero attached hydrogens (tertiary/aromatic N) is 2. The van der Waals surface area contributed by atoms with E-state index in [1.807, 2.05) is 30.3 Å². The van der Waals surface area contributed by atoms with E-state index < -0.39 is 23.7 Å². The van der Waals surface area contributed by atoms with Crippen molar-refractivity contribution in [2.45, 2.75) is 63.3 Å². The number of fused-ring (bicyclic) bond motifs is 1. The van der Waals surface area contributed by atoms with Crippen LogP contribution in [0, 0.1) is 5.92 Å². The normalized spacial score (nSPS) is 26.2. The number of aryl methyl sites for hydroxylation is 1. The molecule has 0 radical (unpaired) electrons. The first kappa shape index (κ1) is 18.9. The van der Waals surface area contributed by atoms with Gasteiger partial charge in [0.1, 0.15) is 0 Å². The molecule has 1 aromatic carbocycles. The lowest BCUT2D eigenvalue weighted by atomic mass is 9.87. The van der Waals surface area contributed by atoms with E-state index >= 15 is 0 Å². The molecular formula is C19H23F3N2O2. The van der Waals surface area contributed by atoms with Gasteiger partial charge in [0.2, 0.25) is 5.91 Å². The Hall–Kier alpha value is -1.89. The molecule has 1 aromatic rings. The molecule has 2 aliphatic rings. The number of hydrazone groups is 1. The summed E-state index contributed by atoms with van der Waals surface area (Å²) in [5.41, 5.74) is -1.89. The van der Waals surface area contributed by atoms with Crippen molar-refractivity contribution in [3.05, 3.63) is 35.9 Å². The van der Waals surface area contributed by atoms with Crippen molar-refractivity contribution in [2.75, 3.05) is 0 Å². The lowest BCUT2D eigenvalue weighted by molar-refractivity contribution is -0.316. The fourth-order valence-electron chi connectivity index (χ4n) is 3.84. The van der Waals surface area contributed by atoms with Gasteiger partial charge in [0.15, 0.2) is 0 Å². The first-order valence-corrected chi connectivity index (χ1v) is 9.07. The summed E-state index contributed by atoms with van der Waals surface area (Å²) in [6.07, 6.45) is -1.29. The smallest absolute Gasteiger partial charge is 0.362 e. The molecule has 1 aliphatic carbocycles. The number of hydrogen-bond donors (Lipinski definition) is 1. The second-order valence-corrected chi connectivity index (χ2v) is 7.01. The standard InChI is InChI=1S/C19H23F3N2O2/c20-19(21,22)18(26)15-11-5-2-6-12-16(15)23-24(18)17(25)13-7-10-14-8-3-1-4-9-14/h1,3-4,8-9,15,26H,2,5-7,10-13H2/t15-,18+/m1/s1. The number of carbonyl (C=O) groups is 1. The lowest BCUT2D eigenvalue weighted by Gasteiger charge is -2.37. The number of rotatable bonds is 4. The van der Waals surface area contributed by atoms with E-state index in [1.54, 1.807) is 0 Å². The van der Waals surface area contributed by atoms with Crippen molar-refractivity contribution < 1.29 is 23.1 Å². The number of carbonyl (C=O) groups excluding carboxylic acids is 1. The number of aliphatic hydroxyl groups is 1. The average molecular weight is 368 g/mol. The Morgan fingerprint density at radius 3 is 2.65 bits per heavy atom. The molecule has 0 spiro atoms. The maximum atomic E-state index is 13.7. The molecule has 3 rings (SSSR count). The SMILES string of the molecule is O=C(CCCc1ccccc1)N1N=C2CCCCC[C@H]2[C@]1(O)C(F)(F)F. The molecular weight excluding hydrogens is 345 g/mol. The summed E-state index contributed by atoms with van der Waals surface area (Å²) in [7, 11) is 0. The quantitative estimate of drug-likeness (QED) is 0.872. The van der Waals surface area contributed by atoms with E-state index in [2.05, 4.69) is 5.10 Å². The Bertz CT molecular complexity index is 675. The predicted molar refractivity (Wildman–Crippen MR) is 91.2 cm³/mol. The highest BCUT2D eigenvalue weighted by Crippen LogP contribution is 2.47. The van der Waals surface area contributed by atoms with Crippen molar-refractivity contribution in [3.8, 4) is 0 Å². The zero-order chi connectivity index (χ0) is 18.8. The monoisotopic (exact) mass is 368 g/mol. The number of halogens is 3. The molecule has 26 heavy (non-hydrogen) atoms. The van der Waals surface area contributed by atoms with Crippen LogP contribution >= 0.6 is 0 Å². The van der Waals surface area contributed by atoms with Crippen LogP contribution in [0.4, 0.5) is 13.2 Å². The third-order valence-electron chi connectivity index (χ3n) is 5.22. The minimum Gasteiger partial charge on any atom is -0.362 e. The minimum atomic E-state index is -4.94. The Morgan fingerprint density at radius 2 is 1.96 bits per heavy atom. The number of hydrogen-bond acceptors (Lipinski definition) is 3. The first-order valence-electron chi connectivity index (χ1n) is 9.07. The van der Waals surface area contributed by atoms with Gasteiger partial charge < -0.3 is 5.11 Å². The highest BCUT2D eigenvalue weighted by Gasteiger charge is 2.67. The molecule has 0 aromatic heterocycles. The van der Waals surface area contributed by atoms with Crippen molar-refractivity contribution in [3.63, 3.8) is 0 Å². The van der Waals surface area contributed by atoms with Crippen LogP contribution in [0.3, 0.4) is 0 Å². The Balaban J connectivity index is 1.74. The predicted octanol–water partition coefficient (Wildman–Crippen LogP) is 4.04. The molecule has 7 heteroatoms. The van der Waals surface area contributed by atoms with Crippen molar-refractivity contribution in [1.82, 2.24) is 5.01 Å². The molecule has 1 aliphatic heterocycles. The minimum absolute atomic E-state index is 0.0865. The first-order chi connectivity index (χ1) is 12.3. The van der Waals surface area contributed by atoms with Gasteiger partial charge in [0, 0.05) is 12.1 Å². The lowest BCUT2D eigenvalue weighted by Crippen LogP contribution is -2.61. The molecule has 1 saturated carbocycles. The van der Waals surface area contributed by atoms with Gasteiger partial charge in [-0.05, 0) is 37.7 Å². The molecule has 1 heterocycles. The van der Waals surface area contributed by atoms with Gasteiger partial charge >= 0.3 is 6.18 Å². The molecule has 0 unspecified atom stereocenters. The summed E-state index contributed by atoms with van der Waals surface area (Å²) in [5.74, 6) is -1.93. The maximum Gasteiger partial charge on any atom is 0.439 e. The Labute approximate surface area is 150 Å². The van der Waals surface area contributed by atoms with Gasteiger partial charge in [-0.25, -0.2) is 0 Å². The van der Waals surface area contributed by atoms with E-state index in [0.717, 1.165) is 18.4 Å². The molecule has 1 N–H and O–H groups in total. The van der Waals surface area contributed by atoms with Crippen molar-refractivity contribution in [1.29, 1.82) is 0 Å². The van der Waals surface area contributed by atoms with E-state index in [-0.39, 0.29) is 12.8 Å². The van der Waals surface area contributed by atoms with Crippen LogP contribution in [0.15, 0.2) is 35.4 Å². The summed E-state index contributed by atoms with van der Waals surface area (Å²) in [6.45, 7) is 0. The zero-order valence-electron chi connectivity index (χ0n) is 14.5. The van der Waals surface area contributed by atoms with Crippen LogP contribution in [0.1, 0.15) is 50.5 Å². The van der Waals surface area contributed by atoms with E-state index in [9.17, 15) is 23.1 Å². The van der Waals surface area contributed by atoms with Crippen molar-refractivity contribution >= 4 is 11.6 Å². The maximum absolute atomic E-state index is 13.7. The average Bonchev–Trinajstić information content (AvgIpc) is 2.75. The van der Waals surface area contributed by atoms with E-state index in [1.165, 1.54) is 0 Å². The van der Waals surface area contributed by atoms with Crippen LogP contribution in [-0.2, 0) is 11.2 Å². The van der Waals surface area contributed by atoms with Crippen LogP contribution in [-0.4, -0.2) is 33.6 Å². The molecule has 142 valence electrons. The second-order valence-electron chi connectivity index (χ2n) is 7.01. The Kier molecular flexibility index (Phi) is 5.37. The summed E-state index contributed by atoms with van der Waals surface area (Å²) in [5, 5.41) is 14.8. The van der Waals surface area contributed by atoms with E-state index in [4.69, 9.17) is 0 Å². The van der Waals surface area contributed by atoms with Gasteiger partial charge in [0.05, 0.1) is 5.92 Å². The number of alkyl halides is 3. The molecule has 0 saturated heterocycles. The second kappa shape index (κ2) is 7.39. The fraction of sp³-hybridized carbons (Fsp3) is 0.579. The number of amides is 1. The van der Waals surface area contributed by atoms with Crippen molar-refractivity contribution in [2.24, 2.45) is 11.0 Å². The summed E-state index contributed by atoms with van der Waals surface area (Å²) >= 11 is 0.